The predicted octanol–water partition coefficient (Wildman–Crippen LogP) is 1.90. The Balaban J connectivity index is 2.17. The number of rotatable bonds is 5. The van der Waals surface area contributed by atoms with E-state index in [1.165, 1.54) is 0 Å². The Morgan fingerprint density at radius 1 is 1.36 bits per heavy atom. The largest absolute Gasteiger partial charge is 0.363 e. The highest BCUT2D eigenvalue weighted by Crippen LogP contribution is 2.22. The zero-order valence-corrected chi connectivity index (χ0v) is 13.5. The van der Waals surface area contributed by atoms with Crippen molar-refractivity contribution in [3.63, 3.8) is 0 Å². The van der Waals surface area contributed by atoms with Crippen molar-refractivity contribution in [3.05, 3.63) is 16.8 Å². The van der Waals surface area contributed by atoms with E-state index in [1.54, 1.807) is 0 Å². The number of hydrogen-bond acceptors (Lipinski definition) is 5. The van der Waals surface area contributed by atoms with Gasteiger partial charge in [0.25, 0.3) is 0 Å². The number of nitriles is 1. The molecule has 22 heavy (non-hydrogen) atoms. The second-order valence-electron chi connectivity index (χ2n) is 5.49. The van der Waals surface area contributed by atoms with Crippen LogP contribution in [-0.4, -0.2) is 40.1 Å². The van der Waals surface area contributed by atoms with Gasteiger partial charge in [-0.15, -0.1) is 5.10 Å². The van der Waals surface area contributed by atoms with Crippen molar-refractivity contribution in [2.75, 3.05) is 18.4 Å². The van der Waals surface area contributed by atoms with Gasteiger partial charge in [-0.1, -0.05) is 20.8 Å². The van der Waals surface area contributed by atoms with Crippen molar-refractivity contribution in [3.8, 4) is 6.07 Å². The molecule has 1 saturated heterocycles. The van der Waals surface area contributed by atoms with Crippen LogP contribution >= 0.6 is 0 Å². The fourth-order valence-electron chi connectivity index (χ4n) is 2.92. The van der Waals surface area contributed by atoms with Crippen molar-refractivity contribution >= 4 is 11.7 Å². The molecule has 1 atom stereocenters. The van der Waals surface area contributed by atoms with Gasteiger partial charge in [0.05, 0.1) is 5.69 Å². The maximum Gasteiger partial charge on any atom is 0.222 e. The number of nitrogens with one attached hydrogen (secondary N) is 1. The third-order valence-corrected chi connectivity index (χ3v) is 4.14. The minimum Gasteiger partial charge on any atom is -0.363 e. The summed E-state index contributed by atoms with van der Waals surface area (Å²) in [7, 11) is 0. The summed E-state index contributed by atoms with van der Waals surface area (Å²) < 4.78 is 0. The molecular formula is C16H23N5O. The molecule has 0 aromatic carbocycles. The minimum absolute atomic E-state index is 0.133. The molecule has 2 rings (SSSR count). The normalized spacial score (nSPS) is 17.4. The first kappa shape index (κ1) is 16.2. The Bertz CT molecular complexity index is 593. The summed E-state index contributed by atoms with van der Waals surface area (Å²) in [6, 6.07) is 2.40. The minimum atomic E-state index is 0.133. The number of carbonyl (C=O) groups is 1. The molecule has 0 saturated carbocycles. The standard InChI is InChI=1S/C16H23N5O/c1-4-12-13(9-17)16(20-19-14(12)5-2)18-11-7-8-21(10-11)15(22)6-3/h11H,4-8,10H2,1-3H3,(H,18,20). The number of anilines is 1. The fourth-order valence-corrected chi connectivity index (χ4v) is 2.92. The molecule has 0 bridgehead atoms. The summed E-state index contributed by atoms with van der Waals surface area (Å²) in [6.45, 7) is 7.34. The Labute approximate surface area is 131 Å². The van der Waals surface area contributed by atoms with E-state index < -0.39 is 0 Å². The first-order chi connectivity index (χ1) is 10.6. The van der Waals surface area contributed by atoms with Crippen LogP contribution in [0.3, 0.4) is 0 Å². The lowest BCUT2D eigenvalue weighted by Gasteiger charge is -2.18. The second-order valence-corrected chi connectivity index (χ2v) is 5.49. The van der Waals surface area contributed by atoms with Crippen molar-refractivity contribution in [2.24, 2.45) is 0 Å². The van der Waals surface area contributed by atoms with E-state index in [2.05, 4.69) is 21.6 Å². The van der Waals surface area contributed by atoms with Gasteiger partial charge in [0.1, 0.15) is 11.6 Å². The molecule has 0 aliphatic carbocycles. The summed E-state index contributed by atoms with van der Waals surface area (Å²) in [6.07, 6.45) is 2.94. The second kappa shape index (κ2) is 7.21. The van der Waals surface area contributed by atoms with Gasteiger partial charge >= 0.3 is 0 Å². The number of carbonyl (C=O) groups excluding carboxylic acids is 1. The Hall–Kier alpha value is -2.16. The maximum atomic E-state index is 11.7. The molecular weight excluding hydrogens is 278 g/mol. The molecule has 0 radical (unpaired) electrons. The first-order valence-electron chi connectivity index (χ1n) is 7.97. The Morgan fingerprint density at radius 2 is 2.14 bits per heavy atom. The van der Waals surface area contributed by atoms with Crippen LogP contribution in [0.5, 0.6) is 0 Å². The molecule has 2 heterocycles. The van der Waals surface area contributed by atoms with Crippen LogP contribution in [0.25, 0.3) is 0 Å². The molecule has 6 nitrogen and oxygen atoms in total. The van der Waals surface area contributed by atoms with Crippen LogP contribution < -0.4 is 5.32 Å². The topological polar surface area (TPSA) is 81.9 Å². The monoisotopic (exact) mass is 301 g/mol. The van der Waals surface area contributed by atoms with E-state index in [0.29, 0.717) is 24.3 Å². The quantitative estimate of drug-likeness (QED) is 0.898. The fraction of sp³-hybridized carbons (Fsp3) is 0.625. The van der Waals surface area contributed by atoms with E-state index >= 15 is 0 Å². The number of nitrogens with zero attached hydrogens (tertiary/aromatic N) is 4. The molecule has 1 N–H and O–H groups in total. The van der Waals surface area contributed by atoms with Gasteiger partial charge in [-0.25, -0.2) is 0 Å². The average molecular weight is 301 g/mol. The zero-order valence-electron chi connectivity index (χ0n) is 13.5. The van der Waals surface area contributed by atoms with Crippen LogP contribution in [0, 0.1) is 11.3 Å². The number of likely N-dealkylation sites (tertiary alicyclic amines) is 1. The third-order valence-electron chi connectivity index (χ3n) is 4.14. The van der Waals surface area contributed by atoms with Crippen molar-refractivity contribution in [2.45, 2.75) is 52.5 Å². The highest BCUT2D eigenvalue weighted by Gasteiger charge is 2.26. The molecule has 1 amide bonds. The van der Waals surface area contributed by atoms with Crippen LogP contribution in [0.2, 0.25) is 0 Å². The lowest BCUT2D eigenvalue weighted by atomic mass is 10.0. The molecule has 0 spiro atoms. The number of aryl methyl sites for hydroxylation is 1. The Morgan fingerprint density at radius 3 is 2.73 bits per heavy atom. The summed E-state index contributed by atoms with van der Waals surface area (Å²) in [5.74, 6) is 0.721. The van der Waals surface area contributed by atoms with Gasteiger partial charge in [0.15, 0.2) is 5.82 Å². The summed E-state index contributed by atoms with van der Waals surface area (Å²) in [5, 5.41) is 21.2. The molecule has 1 fully saturated rings. The maximum absolute atomic E-state index is 11.7. The highest BCUT2D eigenvalue weighted by molar-refractivity contribution is 5.76. The van der Waals surface area contributed by atoms with Gasteiger partial charge in [-0.2, -0.15) is 10.4 Å². The van der Waals surface area contributed by atoms with Gasteiger partial charge in [0.2, 0.25) is 5.91 Å². The smallest absolute Gasteiger partial charge is 0.222 e. The van der Waals surface area contributed by atoms with E-state index in [4.69, 9.17) is 0 Å². The van der Waals surface area contributed by atoms with Crippen molar-refractivity contribution in [1.29, 1.82) is 5.26 Å². The third kappa shape index (κ3) is 3.19. The Kier molecular flexibility index (Phi) is 5.31. The molecule has 1 aromatic rings. The summed E-state index contributed by atoms with van der Waals surface area (Å²) >= 11 is 0. The molecule has 1 aliphatic rings. The van der Waals surface area contributed by atoms with Gasteiger partial charge in [-0.05, 0) is 24.8 Å². The summed E-state index contributed by atoms with van der Waals surface area (Å²) in [5.41, 5.74) is 2.45. The molecule has 1 aromatic heterocycles. The SMILES string of the molecule is CCC(=O)N1CCC(Nc2nnc(CC)c(CC)c2C#N)C1. The summed E-state index contributed by atoms with van der Waals surface area (Å²) in [4.78, 5) is 13.6. The predicted molar refractivity (Wildman–Crippen MR) is 84.4 cm³/mol. The number of amides is 1. The van der Waals surface area contributed by atoms with E-state index in [1.807, 2.05) is 25.7 Å². The van der Waals surface area contributed by atoms with Gasteiger partial charge < -0.3 is 10.2 Å². The lowest BCUT2D eigenvalue weighted by molar-refractivity contribution is -0.129. The molecule has 118 valence electrons. The van der Waals surface area contributed by atoms with Crippen molar-refractivity contribution in [1.82, 2.24) is 15.1 Å². The highest BCUT2D eigenvalue weighted by atomic mass is 16.2. The van der Waals surface area contributed by atoms with Crippen LogP contribution in [0.1, 0.15) is 50.4 Å². The van der Waals surface area contributed by atoms with Crippen LogP contribution in [0.4, 0.5) is 5.82 Å². The molecule has 6 heteroatoms. The van der Waals surface area contributed by atoms with Crippen LogP contribution in [-0.2, 0) is 17.6 Å². The lowest BCUT2D eigenvalue weighted by Crippen LogP contribution is -2.31. The number of hydrogen-bond donors (Lipinski definition) is 1. The van der Waals surface area contributed by atoms with Gasteiger partial charge in [-0.3, -0.25) is 4.79 Å². The average Bonchev–Trinajstić information content (AvgIpc) is 3.01. The first-order valence-corrected chi connectivity index (χ1v) is 7.97. The number of aromatic nitrogens is 2. The van der Waals surface area contributed by atoms with Gasteiger partial charge in [0, 0.05) is 25.6 Å². The zero-order chi connectivity index (χ0) is 16.1. The van der Waals surface area contributed by atoms with E-state index in [0.717, 1.165) is 37.1 Å². The van der Waals surface area contributed by atoms with Crippen LogP contribution in [0.15, 0.2) is 0 Å². The van der Waals surface area contributed by atoms with E-state index in [9.17, 15) is 10.1 Å². The van der Waals surface area contributed by atoms with Crippen molar-refractivity contribution < 1.29 is 4.79 Å². The van der Waals surface area contributed by atoms with E-state index in [-0.39, 0.29) is 11.9 Å². The molecule has 1 aliphatic heterocycles. The molecule has 1 unspecified atom stereocenters.